The molecule has 0 saturated carbocycles. The maximum atomic E-state index is 12.2. The summed E-state index contributed by atoms with van der Waals surface area (Å²) in [4.78, 5) is 23.4. The van der Waals surface area contributed by atoms with E-state index in [9.17, 15) is 18.0 Å². The molecule has 1 amide bonds. The minimum absolute atomic E-state index is 0.122. The standard InChI is InChI=1S/C17H15F3N4O2/c1-10(13-5-4-12(9-23-13)26-17(18,19)20)24-15(25)7-11-8-22-14-3-2-6-21-16(11)14/h2-6,8-10,22H,7H2,1H3,(H,24,25)/t10-/m1/s1. The maximum absolute atomic E-state index is 12.2. The molecular weight excluding hydrogens is 349 g/mol. The minimum atomic E-state index is -4.77. The number of hydrogen-bond donors (Lipinski definition) is 2. The third-order valence-corrected chi connectivity index (χ3v) is 3.68. The first-order valence-corrected chi connectivity index (χ1v) is 7.74. The number of carbonyl (C=O) groups excluding carboxylic acids is 1. The van der Waals surface area contributed by atoms with Crippen molar-refractivity contribution in [1.29, 1.82) is 0 Å². The molecule has 6 nitrogen and oxygen atoms in total. The molecule has 0 bridgehead atoms. The van der Waals surface area contributed by atoms with E-state index >= 15 is 0 Å². The molecule has 0 aliphatic heterocycles. The Morgan fingerprint density at radius 3 is 2.81 bits per heavy atom. The summed E-state index contributed by atoms with van der Waals surface area (Å²) >= 11 is 0. The summed E-state index contributed by atoms with van der Waals surface area (Å²) in [7, 11) is 0. The maximum Gasteiger partial charge on any atom is 0.573 e. The number of alkyl halides is 3. The van der Waals surface area contributed by atoms with Crippen LogP contribution in [0.4, 0.5) is 13.2 Å². The molecule has 9 heteroatoms. The van der Waals surface area contributed by atoms with Crippen LogP contribution in [0.2, 0.25) is 0 Å². The lowest BCUT2D eigenvalue weighted by Gasteiger charge is -2.14. The highest BCUT2D eigenvalue weighted by atomic mass is 19.4. The molecule has 3 aromatic rings. The Balaban J connectivity index is 1.62. The Labute approximate surface area is 146 Å². The third-order valence-electron chi connectivity index (χ3n) is 3.68. The number of aromatic nitrogens is 3. The van der Waals surface area contributed by atoms with Crippen molar-refractivity contribution in [3.05, 3.63) is 54.1 Å². The van der Waals surface area contributed by atoms with E-state index in [1.807, 2.05) is 6.07 Å². The minimum Gasteiger partial charge on any atom is -0.404 e. The number of carbonyl (C=O) groups is 1. The van der Waals surface area contributed by atoms with Gasteiger partial charge in [-0.2, -0.15) is 0 Å². The number of hydrogen-bond acceptors (Lipinski definition) is 4. The van der Waals surface area contributed by atoms with Gasteiger partial charge in [0.25, 0.3) is 0 Å². The number of H-pyrrole nitrogens is 1. The molecule has 0 fully saturated rings. The molecule has 0 radical (unpaired) electrons. The van der Waals surface area contributed by atoms with Gasteiger partial charge >= 0.3 is 6.36 Å². The van der Waals surface area contributed by atoms with Gasteiger partial charge in [0.1, 0.15) is 5.75 Å². The molecule has 3 rings (SSSR count). The van der Waals surface area contributed by atoms with Crippen molar-refractivity contribution in [3.8, 4) is 5.75 Å². The van der Waals surface area contributed by atoms with Gasteiger partial charge in [0, 0.05) is 18.0 Å². The van der Waals surface area contributed by atoms with Crippen LogP contribution in [-0.2, 0) is 11.2 Å². The molecule has 136 valence electrons. The third kappa shape index (κ3) is 4.29. The summed E-state index contributed by atoms with van der Waals surface area (Å²) in [6, 6.07) is 5.71. The molecule has 1 atom stereocenters. The molecule has 0 aliphatic carbocycles. The average Bonchev–Trinajstić information content (AvgIpc) is 2.97. The fraction of sp³-hybridized carbons (Fsp3) is 0.235. The zero-order valence-electron chi connectivity index (χ0n) is 13.7. The van der Waals surface area contributed by atoms with Gasteiger partial charge in [-0.05, 0) is 31.2 Å². The largest absolute Gasteiger partial charge is 0.573 e. The van der Waals surface area contributed by atoms with Crippen molar-refractivity contribution in [2.24, 2.45) is 0 Å². The number of fused-ring (bicyclic) bond motifs is 1. The predicted molar refractivity (Wildman–Crippen MR) is 87.3 cm³/mol. The number of halogens is 3. The second-order valence-electron chi connectivity index (χ2n) is 5.65. The lowest BCUT2D eigenvalue weighted by atomic mass is 10.1. The van der Waals surface area contributed by atoms with Crippen LogP contribution in [-0.4, -0.2) is 27.2 Å². The van der Waals surface area contributed by atoms with Crippen LogP contribution in [0.25, 0.3) is 11.0 Å². The molecule has 3 aromatic heterocycles. The zero-order chi connectivity index (χ0) is 18.7. The van der Waals surface area contributed by atoms with E-state index in [1.54, 1.807) is 25.4 Å². The van der Waals surface area contributed by atoms with Crippen LogP contribution >= 0.6 is 0 Å². The second kappa shape index (κ2) is 7.03. The fourth-order valence-corrected chi connectivity index (χ4v) is 2.53. The van der Waals surface area contributed by atoms with Gasteiger partial charge in [0.15, 0.2) is 0 Å². The number of pyridine rings is 2. The van der Waals surface area contributed by atoms with Gasteiger partial charge in [-0.3, -0.25) is 14.8 Å². The smallest absolute Gasteiger partial charge is 0.404 e. The van der Waals surface area contributed by atoms with Crippen molar-refractivity contribution < 1.29 is 22.7 Å². The van der Waals surface area contributed by atoms with Crippen molar-refractivity contribution in [2.45, 2.75) is 25.7 Å². The molecule has 0 unspecified atom stereocenters. The Hall–Kier alpha value is -3.10. The van der Waals surface area contributed by atoms with E-state index in [1.165, 1.54) is 6.07 Å². The van der Waals surface area contributed by atoms with Crippen LogP contribution in [0.1, 0.15) is 24.2 Å². The molecular formula is C17H15F3N4O2. The first-order chi connectivity index (χ1) is 12.3. The number of nitrogens with one attached hydrogen (secondary N) is 2. The normalized spacial score (nSPS) is 12.8. The number of aromatic amines is 1. The van der Waals surface area contributed by atoms with Crippen molar-refractivity contribution >= 4 is 16.9 Å². The van der Waals surface area contributed by atoms with Gasteiger partial charge in [0.05, 0.1) is 35.4 Å². The topological polar surface area (TPSA) is 79.9 Å². The quantitative estimate of drug-likeness (QED) is 0.728. The molecule has 2 N–H and O–H groups in total. The zero-order valence-corrected chi connectivity index (χ0v) is 13.7. The Kier molecular flexibility index (Phi) is 4.79. The lowest BCUT2D eigenvalue weighted by Crippen LogP contribution is -2.28. The molecule has 0 saturated heterocycles. The van der Waals surface area contributed by atoms with E-state index in [2.05, 4.69) is 25.0 Å². The van der Waals surface area contributed by atoms with Gasteiger partial charge in [0.2, 0.25) is 5.91 Å². The first kappa shape index (κ1) is 17.7. The van der Waals surface area contributed by atoms with Crippen molar-refractivity contribution in [1.82, 2.24) is 20.3 Å². The lowest BCUT2D eigenvalue weighted by molar-refractivity contribution is -0.274. The molecule has 0 aliphatic rings. The van der Waals surface area contributed by atoms with Crippen LogP contribution in [0, 0.1) is 0 Å². The van der Waals surface area contributed by atoms with Crippen molar-refractivity contribution in [3.63, 3.8) is 0 Å². The molecule has 26 heavy (non-hydrogen) atoms. The van der Waals surface area contributed by atoms with Gasteiger partial charge in [-0.1, -0.05) is 0 Å². The van der Waals surface area contributed by atoms with Crippen LogP contribution in [0.3, 0.4) is 0 Å². The van der Waals surface area contributed by atoms with Crippen LogP contribution in [0.15, 0.2) is 42.9 Å². The van der Waals surface area contributed by atoms with Gasteiger partial charge in [-0.25, -0.2) is 0 Å². The van der Waals surface area contributed by atoms with Gasteiger partial charge in [-0.15, -0.1) is 13.2 Å². The Bertz CT molecular complexity index is 906. The van der Waals surface area contributed by atoms with Gasteiger partial charge < -0.3 is 15.0 Å². The number of rotatable bonds is 5. The summed E-state index contributed by atoms with van der Waals surface area (Å²) in [5.74, 6) is -0.661. The molecule has 0 spiro atoms. The van der Waals surface area contributed by atoms with E-state index in [0.29, 0.717) is 5.69 Å². The van der Waals surface area contributed by atoms with E-state index < -0.39 is 18.2 Å². The Morgan fingerprint density at radius 2 is 2.12 bits per heavy atom. The average molecular weight is 364 g/mol. The second-order valence-corrected chi connectivity index (χ2v) is 5.65. The SMILES string of the molecule is C[C@@H](NC(=O)Cc1c[nH]c2cccnc12)c1ccc(OC(F)(F)F)cn1. The number of nitrogens with zero attached hydrogens (tertiary/aromatic N) is 2. The van der Waals surface area contributed by atoms with Crippen molar-refractivity contribution in [2.75, 3.05) is 0 Å². The fourth-order valence-electron chi connectivity index (χ4n) is 2.53. The summed E-state index contributed by atoms with van der Waals surface area (Å²) in [6.07, 6.45) is -0.305. The Morgan fingerprint density at radius 1 is 1.31 bits per heavy atom. The van der Waals surface area contributed by atoms with E-state index in [4.69, 9.17) is 0 Å². The number of ether oxygens (including phenoxy) is 1. The monoisotopic (exact) mass is 364 g/mol. The van der Waals surface area contributed by atoms with E-state index in [-0.39, 0.29) is 12.3 Å². The van der Waals surface area contributed by atoms with Crippen LogP contribution in [0.5, 0.6) is 5.75 Å². The molecule has 3 heterocycles. The summed E-state index contributed by atoms with van der Waals surface area (Å²) in [5.41, 5.74) is 2.74. The first-order valence-electron chi connectivity index (χ1n) is 7.74. The summed E-state index contributed by atoms with van der Waals surface area (Å²) < 4.78 is 40.2. The van der Waals surface area contributed by atoms with Crippen LogP contribution < -0.4 is 10.1 Å². The summed E-state index contributed by atoms with van der Waals surface area (Å²) in [6.45, 7) is 1.69. The predicted octanol–water partition coefficient (Wildman–Crippen LogP) is 3.28. The highest BCUT2D eigenvalue weighted by Gasteiger charge is 2.31. The highest BCUT2D eigenvalue weighted by Crippen LogP contribution is 2.23. The number of amides is 1. The highest BCUT2D eigenvalue weighted by molar-refractivity contribution is 5.86. The van der Waals surface area contributed by atoms with E-state index in [0.717, 1.165) is 28.9 Å². The summed E-state index contributed by atoms with van der Waals surface area (Å²) in [5, 5.41) is 2.76. The molecule has 0 aromatic carbocycles.